The Labute approximate surface area is 204 Å². The molecule has 0 aliphatic rings. The number of nitrogens with zero attached hydrogens (tertiary/aromatic N) is 1. The molecular weight excluding hydrogens is 462 g/mol. The highest BCUT2D eigenvalue weighted by molar-refractivity contribution is 6.06. The predicted molar refractivity (Wildman–Crippen MR) is 134 cm³/mol. The number of furan rings is 2. The van der Waals surface area contributed by atoms with Crippen LogP contribution in [0.4, 0.5) is 17.1 Å². The third-order valence-electron chi connectivity index (χ3n) is 5.58. The van der Waals surface area contributed by atoms with Crippen LogP contribution in [0.3, 0.4) is 0 Å². The summed E-state index contributed by atoms with van der Waals surface area (Å²) in [4.78, 5) is 36.1. The summed E-state index contributed by atoms with van der Waals surface area (Å²) >= 11 is 0. The first-order valence-corrected chi connectivity index (χ1v) is 10.9. The molecule has 0 atom stereocenters. The highest BCUT2D eigenvalue weighted by Gasteiger charge is 2.20. The molecule has 0 aliphatic carbocycles. The van der Waals surface area contributed by atoms with Crippen LogP contribution in [0.25, 0.3) is 22.3 Å². The molecule has 36 heavy (non-hydrogen) atoms. The van der Waals surface area contributed by atoms with Gasteiger partial charge in [-0.2, -0.15) is 0 Å². The molecule has 0 spiro atoms. The fraction of sp³-hybridized carbons (Fsp3) is 0.0370. The van der Waals surface area contributed by atoms with Gasteiger partial charge in [0.1, 0.15) is 11.3 Å². The van der Waals surface area contributed by atoms with Gasteiger partial charge in [-0.3, -0.25) is 19.7 Å². The molecule has 0 aliphatic heterocycles. The summed E-state index contributed by atoms with van der Waals surface area (Å²) in [7, 11) is 0. The lowest BCUT2D eigenvalue weighted by molar-refractivity contribution is -0.384. The van der Waals surface area contributed by atoms with E-state index in [9.17, 15) is 19.7 Å². The Kier molecular flexibility index (Phi) is 5.79. The number of amides is 2. The summed E-state index contributed by atoms with van der Waals surface area (Å²) in [6.07, 6.45) is 0. The molecule has 9 heteroatoms. The van der Waals surface area contributed by atoms with Crippen LogP contribution < -0.4 is 10.6 Å². The molecule has 3 aromatic carbocycles. The van der Waals surface area contributed by atoms with E-state index in [0.29, 0.717) is 17.0 Å². The Morgan fingerprint density at radius 3 is 2.33 bits per heavy atom. The lowest BCUT2D eigenvalue weighted by Gasteiger charge is -2.10. The summed E-state index contributed by atoms with van der Waals surface area (Å²) in [5.74, 6) is -0.488. The summed E-state index contributed by atoms with van der Waals surface area (Å²) in [6, 6.07) is 23.2. The van der Waals surface area contributed by atoms with Crippen LogP contribution in [-0.2, 0) is 0 Å². The van der Waals surface area contributed by atoms with Gasteiger partial charge < -0.3 is 19.5 Å². The number of anilines is 2. The summed E-state index contributed by atoms with van der Waals surface area (Å²) < 4.78 is 11.2. The maximum atomic E-state index is 12.7. The van der Waals surface area contributed by atoms with Crippen molar-refractivity contribution in [1.29, 1.82) is 0 Å². The van der Waals surface area contributed by atoms with Crippen molar-refractivity contribution in [3.05, 3.63) is 112 Å². The van der Waals surface area contributed by atoms with E-state index < -0.39 is 10.8 Å². The Morgan fingerprint density at radius 1 is 0.806 bits per heavy atom. The van der Waals surface area contributed by atoms with Gasteiger partial charge in [-0.15, -0.1) is 0 Å². The van der Waals surface area contributed by atoms with Gasteiger partial charge in [0.2, 0.25) is 0 Å². The van der Waals surface area contributed by atoms with Crippen molar-refractivity contribution in [3.63, 3.8) is 0 Å². The molecule has 0 saturated heterocycles. The van der Waals surface area contributed by atoms with Gasteiger partial charge in [0.25, 0.3) is 17.5 Å². The Balaban J connectivity index is 1.28. The van der Waals surface area contributed by atoms with E-state index in [2.05, 4.69) is 10.6 Å². The van der Waals surface area contributed by atoms with Crippen LogP contribution in [0.1, 0.15) is 26.7 Å². The maximum Gasteiger partial charge on any atom is 0.291 e. The number of nitrogens with one attached hydrogen (secondary N) is 2. The molecule has 5 rings (SSSR count). The summed E-state index contributed by atoms with van der Waals surface area (Å²) in [6.45, 7) is 1.80. The zero-order valence-corrected chi connectivity index (χ0v) is 19.0. The first kappa shape index (κ1) is 22.6. The number of nitro benzene ring substituents is 1. The largest absolute Gasteiger partial charge is 0.451 e. The van der Waals surface area contributed by atoms with Crippen LogP contribution in [0.15, 0.2) is 93.8 Å². The van der Waals surface area contributed by atoms with Crippen LogP contribution in [0, 0.1) is 17.0 Å². The molecule has 2 N–H and O–H groups in total. The average molecular weight is 481 g/mol. The van der Waals surface area contributed by atoms with Gasteiger partial charge in [0, 0.05) is 22.8 Å². The Morgan fingerprint density at radius 2 is 1.56 bits per heavy atom. The zero-order valence-electron chi connectivity index (χ0n) is 19.0. The molecule has 9 nitrogen and oxygen atoms in total. The fourth-order valence-electron chi connectivity index (χ4n) is 3.80. The first-order valence-electron chi connectivity index (χ1n) is 10.9. The molecule has 2 aromatic heterocycles. The summed E-state index contributed by atoms with van der Waals surface area (Å²) in [5, 5.41) is 17.7. The molecule has 0 bridgehead atoms. The minimum Gasteiger partial charge on any atom is -0.451 e. The van der Waals surface area contributed by atoms with Gasteiger partial charge in [-0.1, -0.05) is 30.3 Å². The monoisotopic (exact) mass is 481 g/mol. The molecule has 0 unspecified atom stereocenters. The van der Waals surface area contributed by atoms with Gasteiger partial charge in [-0.05, 0) is 61.0 Å². The standard InChI is InChI=1S/C27H19N3O6/c1-16-14-18(10-11-20(16)29-27(32)25-15-17-6-2-5-9-22(17)35-25)28-26(31)24-13-12-23(36-24)19-7-3-4-8-21(19)30(33)34/h2-15H,1H3,(H,28,31)(H,29,32). The fourth-order valence-corrected chi connectivity index (χ4v) is 3.80. The normalized spacial score (nSPS) is 10.8. The number of nitro groups is 1. The van der Waals surface area contributed by atoms with Crippen molar-refractivity contribution < 1.29 is 23.3 Å². The van der Waals surface area contributed by atoms with Gasteiger partial charge >= 0.3 is 0 Å². The number of fused-ring (bicyclic) bond motifs is 1. The van der Waals surface area contributed by atoms with E-state index in [1.807, 2.05) is 18.2 Å². The average Bonchev–Trinajstić information content (AvgIpc) is 3.53. The van der Waals surface area contributed by atoms with Crippen LogP contribution in [-0.4, -0.2) is 16.7 Å². The van der Waals surface area contributed by atoms with E-state index >= 15 is 0 Å². The predicted octanol–water partition coefficient (Wildman–Crippen LogP) is 6.41. The highest BCUT2D eigenvalue weighted by atomic mass is 16.6. The Bertz CT molecular complexity index is 1600. The van der Waals surface area contributed by atoms with E-state index in [-0.39, 0.29) is 34.4 Å². The minimum absolute atomic E-state index is 0.00284. The van der Waals surface area contributed by atoms with Crippen molar-refractivity contribution in [1.82, 2.24) is 0 Å². The van der Waals surface area contributed by atoms with Crippen molar-refractivity contribution in [3.8, 4) is 11.3 Å². The number of hydrogen-bond donors (Lipinski definition) is 2. The van der Waals surface area contributed by atoms with Crippen LogP contribution in [0.2, 0.25) is 0 Å². The van der Waals surface area contributed by atoms with Crippen molar-refractivity contribution in [2.24, 2.45) is 0 Å². The molecule has 0 saturated carbocycles. The number of benzene rings is 3. The third kappa shape index (κ3) is 4.45. The second-order valence-corrected chi connectivity index (χ2v) is 8.02. The number of aryl methyl sites for hydroxylation is 1. The number of rotatable bonds is 6. The van der Waals surface area contributed by atoms with Crippen molar-refractivity contribution >= 4 is 39.8 Å². The number of hydrogen-bond acceptors (Lipinski definition) is 6. The zero-order chi connectivity index (χ0) is 25.2. The van der Waals surface area contributed by atoms with Gasteiger partial charge in [-0.25, -0.2) is 0 Å². The SMILES string of the molecule is Cc1cc(NC(=O)c2ccc(-c3ccccc3[N+](=O)[O-])o2)ccc1NC(=O)c1cc2ccccc2o1. The smallest absolute Gasteiger partial charge is 0.291 e. The maximum absolute atomic E-state index is 12.7. The quantitative estimate of drug-likeness (QED) is 0.213. The third-order valence-corrected chi connectivity index (χ3v) is 5.58. The lowest BCUT2D eigenvalue weighted by Crippen LogP contribution is -2.13. The van der Waals surface area contributed by atoms with Crippen LogP contribution in [0.5, 0.6) is 0 Å². The minimum atomic E-state index is -0.515. The number of carbonyl (C=O) groups is 2. The molecule has 5 aromatic rings. The second-order valence-electron chi connectivity index (χ2n) is 8.02. The van der Waals surface area contributed by atoms with Crippen LogP contribution >= 0.6 is 0 Å². The van der Waals surface area contributed by atoms with Gasteiger partial charge in [0.15, 0.2) is 11.5 Å². The lowest BCUT2D eigenvalue weighted by atomic mass is 10.1. The van der Waals surface area contributed by atoms with Crippen molar-refractivity contribution in [2.75, 3.05) is 10.6 Å². The molecule has 2 heterocycles. The van der Waals surface area contributed by atoms with E-state index in [1.54, 1.807) is 55.5 Å². The van der Waals surface area contributed by atoms with E-state index in [0.717, 1.165) is 10.9 Å². The summed E-state index contributed by atoms with van der Waals surface area (Å²) in [5.41, 5.74) is 2.56. The molecular formula is C27H19N3O6. The molecule has 0 fully saturated rings. The van der Waals surface area contributed by atoms with Gasteiger partial charge in [0.05, 0.1) is 10.5 Å². The molecule has 178 valence electrons. The number of carbonyl (C=O) groups excluding carboxylic acids is 2. The van der Waals surface area contributed by atoms with Crippen molar-refractivity contribution in [2.45, 2.75) is 6.92 Å². The molecule has 2 amide bonds. The number of para-hydroxylation sites is 2. The highest BCUT2D eigenvalue weighted by Crippen LogP contribution is 2.31. The van der Waals surface area contributed by atoms with E-state index in [1.165, 1.54) is 18.2 Å². The second kappa shape index (κ2) is 9.22. The van der Waals surface area contributed by atoms with E-state index in [4.69, 9.17) is 8.83 Å². The molecule has 0 radical (unpaired) electrons. The first-order chi connectivity index (χ1) is 17.4. The topological polar surface area (TPSA) is 128 Å². The Hall–Kier alpha value is -5.18.